The average molecular weight is 365 g/mol. The van der Waals surface area contributed by atoms with Crippen LogP contribution in [0.4, 0.5) is 5.82 Å². The highest BCUT2D eigenvalue weighted by molar-refractivity contribution is 7.10. The number of thiophene rings is 1. The van der Waals surface area contributed by atoms with Gasteiger partial charge in [-0.05, 0) is 25.3 Å². The van der Waals surface area contributed by atoms with Crippen LogP contribution >= 0.6 is 11.3 Å². The van der Waals surface area contributed by atoms with Crippen molar-refractivity contribution in [3.63, 3.8) is 0 Å². The number of ether oxygens (including phenoxy) is 1. The average Bonchev–Trinajstić information content (AvgIpc) is 3.17. The lowest BCUT2D eigenvalue weighted by Gasteiger charge is -2.17. The topological polar surface area (TPSA) is 111 Å². The molecule has 2 heterocycles. The van der Waals surface area contributed by atoms with Crippen molar-refractivity contribution < 1.29 is 23.6 Å². The Bertz CT molecular complexity index is 741. The third-order valence-electron chi connectivity index (χ3n) is 3.19. The van der Waals surface area contributed by atoms with Crippen LogP contribution in [-0.2, 0) is 19.1 Å². The third-order valence-corrected chi connectivity index (χ3v) is 4.18. The molecule has 2 N–H and O–H groups in total. The lowest BCUT2D eigenvalue weighted by atomic mass is 10.1. The van der Waals surface area contributed by atoms with Crippen LogP contribution in [0.25, 0.3) is 0 Å². The molecule has 0 aliphatic rings. The zero-order chi connectivity index (χ0) is 18.4. The van der Waals surface area contributed by atoms with E-state index in [9.17, 15) is 14.4 Å². The molecule has 0 aliphatic heterocycles. The van der Waals surface area contributed by atoms with Gasteiger partial charge in [-0.1, -0.05) is 11.2 Å². The summed E-state index contributed by atoms with van der Waals surface area (Å²) in [6, 6.07) is 4.71. The van der Waals surface area contributed by atoms with Crippen LogP contribution in [0.5, 0.6) is 0 Å². The second-order valence-electron chi connectivity index (χ2n) is 5.42. The molecule has 2 amide bonds. The first-order valence-corrected chi connectivity index (χ1v) is 8.47. The summed E-state index contributed by atoms with van der Waals surface area (Å²) in [4.78, 5) is 36.3. The van der Waals surface area contributed by atoms with E-state index >= 15 is 0 Å². The zero-order valence-electron chi connectivity index (χ0n) is 14.1. The van der Waals surface area contributed by atoms with Crippen molar-refractivity contribution in [3.05, 3.63) is 34.2 Å². The summed E-state index contributed by atoms with van der Waals surface area (Å²) in [6.45, 7) is 4.53. The monoisotopic (exact) mass is 365 g/mol. The fraction of sp³-hybridized carbons (Fsp3) is 0.375. The van der Waals surface area contributed by atoms with Gasteiger partial charge in [-0.3, -0.25) is 14.4 Å². The molecule has 134 valence electrons. The molecule has 0 bridgehead atoms. The SMILES string of the molecule is CC(=O)N[C@@H](CC(=O)O[C@@H](C)C(=O)Nc1cc(C)on1)c1cccs1. The summed E-state index contributed by atoms with van der Waals surface area (Å²) in [5, 5.41) is 10.7. The van der Waals surface area contributed by atoms with Gasteiger partial charge in [0.15, 0.2) is 11.9 Å². The maximum absolute atomic E-state index is 12.1. The fourth-order valence-electron chi connectivity index (χ4n) is 2.08. The quantitative estimate of drug-likeness (QED) is 0.728. The number of esters is 1. The Labute approximate surface area is 148 Å². The maximum Gasteiger partial charge on any atom is 0.309 e. The third kappa shape index (κ3) is 5.71. The maximum atomic E-state index is 12.1. The Morgan fingerprint density at radius 3 is 2.72 bits per heavy atom. The molecule has 25 heavy (non-hydrogen) atoms. The van der Waals surface area contributed by atoms with E-state index in [0.29, 0.717) is 5.76 Å². The number of amides is 2. The highest BCUT2D eigenvalue weighted by atomic mass is 32.1. The highest BCUT2D eigenvalue weighted by Gasteiger charge is 2.23. The van der Waals surface area contributed by atoms with Crippen molar-refractivity contribution in [1.29, 1.82) is 0 Å². The Kier molecular flexibility index (Phi) is 6.29. The summed E-state index contributed by atoms with van der Waals surface area (Å²) in [5.74, 6) is -0.562. The van der Waals surface area contributed by atoms with Gasteiger partial charge in [0, 0.05) is 17.9 Å². The molecule has 0 radical (unpaired) electrons. The Balaban J connectivity index is 1.90. The summed E-state index contributed by atoms with van der Waals surface area (Å²) in [5.41, 5.74) is 0. The van der Waals surface area contributed by atoms with Crippen molar-refractivity contribution in [2.75, 3.05) is 5.32 Å². The number of nitrogens with zero attached hydrogens (tertiary/aromatic N) is 1. The highest BCUT2D eigenvalue weighted by Crippen LogP contribution is 2.22. The van der Waals surface area contributed by atoms with Gasteiger partial charge in [-0.15, -0.1) is 11.3 Å². The molecular weight excluding hydrogens is 346 g/mol. The van der Waals surface area contributed by atoms with Crippen LogP contribution in [0, 0.1) is 6.92 Å². The van der Waals surface area contributed by atoms with Crippen molar-refractivity contribution in [2.45, 2.75) is 39.3 Å². The zero-order valence-corrected chi connectivity index (χ0v) is 14.9. The first-order valence-electron chi connectivity index (χ1n) is 7.59. The summed E-state index contributed by atoms with van der Waals surface area (Å²) in [6.07, 6.45) is -1.08. The number of nitrogens with one attached hydrogen (secondary N) is 2. The van der Waals surface area contributed by atoms with E-state index in [1.165, 1.54) is 25.2 Å². The smallest absolute Gasteiger partial charge is 0.309 e. The lowest BCUT2D eigenvalue weighted by Crippen LogP contribution is -2.32. The number of anilines is 1. The van der Waals surface area contributed by atoms with Crippen LogP contribution < -0.4 is 10.6 Å². The number of rotatable bonds is 7. The van der Waals surface area contributed by atoms with Gasteiger partial charge in [0.25, 0.3) is 5.91 Å². The van der Waals surface area contributed by atoms with Crippen molar-refractivity contribution >= 4 is 34.9 Å². The first-order chi connectivity index (χ1) is 11.8. The van der Waals surface area contributed by atoms with E-state index < -0.39 is 24.0 Å². The molecule has 2 aromatic heterocycles. The van der Waals surface area contributed by atoms with Crippen LogP contribution in [0.1, 0.15) is 36.9 Å². The Hall–Kier alpha value is -2.68. The van der Waals surface area contributed by atoms with Gasteiger partial charge < -0.3 is 19.9 Å². The molecular formula is C16H19N3O5S. The fourth-order valence-corrected chi connectivity index (χ4v) is 2.85. The summed E-state index contributed by atoms with van der Waals surface area (Å²) >= 11 is 1.42. The van der Waals surface area contributed by atoms with E-state index in [-0.39, 0.29) is 18.1 Å². The van der Waals surface area contributed by atoms with Gasteiger partial charge >= 0.3 is 5.97 Å². The predicted molar refractivity (Wildman–Crippen MR) is 90.9 cm³/mol. The minimum absolute atomic E-state index is 0.0687. The molecule has 0 fully saturated rings. The van der Waals surface area contributed by atoms with Crippen molar-refractivity contribution in [1.82, 2.24) is 10.5 Å². The number of hydrogen-bond donors (Lipinski definition) is 2. The first kappa shape index (κ1) is 18.7. The number of carbonyl (C=O) groups excluding carboxylic acids is 3. The van der Waals surface area contributed by atoms with Gasteiger partial charge in [0.2, 0.25) is 5.91 Å². The standard InChI is InChI=1S/C16H19N3O5S/c1-9-7-14(19-24-9)18-16(22)10(2)23-15(21)8-12(17-11(3)20)13-5-4-6-25-13/h4-7,10,12H,8H2,1-3H3,(H,17,20)(H,18,19,22)/t10-,12-/m0/s1. The number of carbonyl (C=O) groups is 3. The minimum Gasteiger partial charge on any atom is -0.452 e. The normalized spacial score (nSPS) is 12.9. The molecule has 8 nitrogen and oxygen atoms in total. The molecule has 0 aromatic carbocycles. The van der Waals surface area contributed by atoms with Crippen molar-refractivity contribution in [2.24, 2.45) is 0 Å². The lowest BCUT2D eigenvalue weighted by molar-refractivity contribution is -0.153. The second-order valence-corrected chi connectivity index (χ2v) is 6.40. The minimum atomic E-state index is -1.01. The predicted octanol–water partition coefficient (Wildman–Crippen LogP) is 2.18. The molecule has 0 aliphatic carbocycles. The molecule has 2 aromatic rings. The Morgan fingerprint density at radius 1 is 1.40 bits per heavy atom. The molecule has 9 heteroatoms. The molecule has 2 rings (SSSR count). The van der Waals surface area contributed by atoms with E-state index in [1.807, 2.05) is 17.5 Å². The Morgan fingerprint density at radius 2 is 2.16 bits per heavy atom. The molecule has 2 atom stereocenters. The van der Waals surface area contributed by atoms with E-state index in [1.54, 1.807) is 13.0 Å². The molecule has 0 spiro atoms. The summed E-state index contributed by atoms with van der Waals surface area (Å²) in [7, 11) is 0. The number of aryl methyl sites for hydroxylation is 1. The van der Waals surface area contributed by atoms with Crippen LogP contribution in [-0.4, -0.2) is 29.0 Å². The van der Waals surface area contributed by atoms with E-state index in [4.69, 9.17) is 9.26 Å². The summed E-state index contributed by atoms with van der Waals surface area (Å²) < 4.78 is 9.99. The molecule has 0 saturated carbocycles. The largest absolute Gasteiger partial charge is 0.452 e. The van der Waals surface area contributed by atoms with Crippen LogP contribution in [0.15, 0.2) is 28.1 Å². The molecule has 0 saturated heterocycles. The van der Waals surface area contributed by atoms with Crippen LogP contribution in [0.3, 0.4) is 0 Å². The van der Waals surface area contributed by atoms with E-state index in [0.717, 1.165) is 4.88 Å². The number of aromatic nitrogens is 1. The van der Waals surface area contributed by atoms with Gasteiger partial charge in [0.05, 0.1) is 12.5 Å². The van der Waals surface area contributed by atoms with Gasteiger partial charge in [-0.2, -0.15) is 0 Å². The van der Waals surface area contributed by atoms with Crippen LogP contribution in [0.2, 0.25) is 0 Å². The van der Waals surface area contributed by atoms with Gasteiger partial charge in [0.1, 0.15) is 5.76 Å². The molecule has 0 unspecified atom stereocenters. The number of hydrogen-bond acceptors (Lipinski definition) is 7. The second kappa shape index (κ2) is 8.43. The van der Waals surface area contributed by atoms with E-state index in [2.05, 4.69) is 15.8 Å². The van der Waals surface area contributed by atoms with Gasteiger partial charge in [-0.25, -0.2) is 0 Å². The van der Waals surface area contributed by atoms with Crippen molar-refractivity contribution in [3.8, 4) is 0 Å².